The molecule has 0 aliphatic heterocycles. The Morgan fingerprint density at radius 3 is 1.02 bits per heavy atom. The average molecular weight is 1220 g/mol. The van der Waals surface area contributed by atoms with Crippen molar-refractivity contribution in [1.82, 2.24) is 5.32 Å². The molecule has 0 aromatic carbocycles. The maximum Gasteiger partial charge on any atom is 0.472 e. The quantitative estimate of drug-likeness (QED) is 0.0243. The van der Waals surface area contributed by atoms with Crippen LogP contribution in [0.25, 0.3) is 0 Å². The number of quaternary nitrogens is 1. The summed E-state index contributed by atoms with van der Waals surface area (Å²) >= 11 is 0. The van der Waals surface area contributed by atoms with E-state index < -0.39 is 20.0 Å². The number of hydrogen-bond donors (Lipinski definition) is 3. The van der Waals surface area contributed by atoms with E-state index >= 15 is 0 Å². The van der Waals surface area contributed by atoms with Crippen molar-refractivity contribution in [2.45, 2.75) is 347 Å². The van der Waals surface area contributed by atoms with Crippen LogP contribution in [0.2, 0.25) is 0 Å². The monoisotopic (exact) mass is 1220 g/mol. The number of aliphatic hydroxyl groups is 1. The van der Waals surface area contributed by atoms with Gasteiger partial charge in [0.05, 0.1) is 39.9 Å². The summed E-state index contributed by atoms with van der Waals surface area (Å²) in [5.74, 6) is -0.152. The molecule has 0 aliphatic carbocycles. The van der Waals surface area contributed by atoms with Gasteiger partial charge >= 0.3 is 7.82 Å². The molecule has 3 unspecified atom stereocenters. The fraction of sp³-hybridized carbons (Fsp3) is 0.779. The molecular formula is C77H142N2O6P+. The molecule has 0 saturated heterocycles. The zero-order valence-corrected chi connectivity index (χ0v) is 58.2. The van der Waals surface area contributed by atoms with Crippen LogP contribution in [0.3, 0.4) is 0 Å². The summed E-state index contributed by atoms with van der Waals surface area (Å²) in [5, 5.41) is 14.2. The third kappa shape index (κ3) is 68.9. The van der Waals surface area contributed by atoms with E-state index in [2.05, 4.69) is 116 Å². The van der Waals surface area contributed by atoms with Gasteiger partial charge in [0, 0.05) is 6.42 Å². The Kier molecular flexibility index (Phi) is 64.8. The van der Waals surface area contributed by atoms with E-state index in [1.807, 2.05) is 21.1 Å². The van der Waals surface area contributed by atoms with Crippen LogP contribution in [0.4, 0.5) is 0 Å². The zero-order chi connectivity index (χ0) is 62.6. The highest BCUT2D eigenvalue weighted by Crippen LogP contribution is 2.43. The van der Waals surface area contributed by atoms with Crippen LogP contribution in [-0.2, 0) is 18.4 Å². The lowest BCUT2D eigenvalue weighted by molar-refractivity contribution is -0.870. The summed E-state index contributed by atoms with van der Waals surface area (Å²) in [6.45, 7) is 4.80. The summed E-state index contributed by atoms with van der Waals surface area (Å²) in [6, 6.07) is -0.774. The lowest BCUT2D eigenvalue weighted by Gasteiger charge is -2.26. The fourth-order valence-corrected chi connectivity index (χ4v) is 11.5. The predicted octanol–water partition coefficient (Wildman–Crippen LogP) is 23.7. The number of aliphatic hydroxyl groups excluding tert-OH is 1. The number of nitrogens with one attached hydrogen (secondary N) is 1. The topological polar surface area (TPSA) is 105 Å². The van der Waals surface area contributed by atoms with Gasteiger partial charge in [-0.25, -0.2) is 4.57 Å². The van der Waals surface area contributed by atoms with Crippen molar-refractivity contribution < 1.29 is 32.9 Å². The summed E-state index contributed by atoms with van der Waals surface area (Å²) < 4.78 is 23.9. The first-order valence-corrected chi connectivity index (χ1v) is 38.1. The molecule has 0 heterocycles. The number of rotatable bonds is 67. The molecule has 0 aliphatic rings. The van der Waals surface area contributed by atoms with Crippen LogP contribution in [0, 0.1) is 0 Å². The van der Waals surface area contributed by atoms with Crippen LogP contribution in [0.1, 0.15) is 335 Å². The van der Waals surface area contributed by atoms with Gasteiger partial charge in [-0.05, 0) is 77.0 Å². The molecule has 0 radical (unpaired) electrons. The van der Waals surface area contributed by atoms with E-state index in [0.29, 0.717) is 23.9 Å². The summed E-state index contributed by atoms with van der Waals surface area (Å²) in [4.78, 5) is 23.5. The lowest BCUT2D eigenvalue weighted by Crippen LogP contribution is -2.46. The van der Waals surface area contributed by atoms with Crippen LogP contribution >= 0.6 is 7.82 Å². The van der Waals surface area contributed by atoms with E-state index in [0.717, 1.165) is 96.3 Å². The zero-order valence-electron chi connectivity index (χ0n) is 57.3. The van der Waals surface area contributed by atoms with Crippen molar-refractivity contribution in [2.75, 3.05) is 40.9 Å². The second-order valence-electron chi connectivity index (χ2n) is 25.9. The number of unbranched alkanes of at least 4 members (excludes halogenated alkanes) is 38. The number of hydrogen-bond acceptors (Lipinski definition) is 5. The highest BCUT2D eigenvalue weighted by molar-refractivity contribution is 7.47. The van der Waals surface area contributed by atoms with Gasteiger partial charge in [0.25, 0.3) is 0 Å². The van der Waals surface area contributed by atoms with Crippen LogP contribution < -0.4 is 5.32 Å². The third-order valence-electron chi connectivity index (χ3n) is 16.3. The highest BCUT2D eigenvalue weighted by Gasteiger charge is 2.28. The van der Waals surface area contributed by atoms with Gasteiger partial charge in [0.2, 0.25) is 5.91 Å². The van der Waals surface area contributed by atoms with Gasteiger partial charge in [-0.15, -0.1) is 0 Å². The number of allylic oxidation sites excluding steroid dienone is 16. The van der Waals surface area contributed by atoms with Gasteiger partial charge in [0.1, 0.15) is 13.2 Å². The fourth-order valence-electron chi connectivity index (χ4n) is 10.7. The largest absolute Gasteiger partial charge is 0.472 e. The average Bonchev–Trinajstić information content (AvgIpc) is 3.70. The third-order valence-corrected chi connectivity index (χ3v) is 17.3. The maximum atomic E-state index is 13.1. The van der Waals surface area contributed by atoms with Gasteiger partial charge in [-0.2, -0.15) is 0 Å². The van der Waals surface area contributed by atoms with Gasteiger partial charge in [0.15, 0.2) is 0 Å². The predicted molar refractivity (Wildman–Crippen MR) is 378 cm³/mol. The molecule has 3 N–H and O–H groups in total. The first-order valence-electron chi connectivity index (χ1n) is 36.6. The Bertz CT molecular complexity index is 1730. The molecule has 9 heteroatoms. The van der Waals surface area contributed by atoms with Crippen LogP contribution in [-0.4, -0.2) is 73.4 Å². The summed E-state index contributed by atoms with van der Waals surface area (Å²) in [6.07, 6.45) is 96.6. The second-order valence-corrected chi connectivity index (χ2v) is 27.4. The number of nitrogens with zero attached hydrogens (tertiary/aromatic N) is 1. The van der Waals surface area contributed by atoms with Gasteiger partial charge in [-0.3, -0.25) is 13.8 Å². The van der Waals surface area contributed by atoms with E-state index in [1.165, 1.54) is 212 Å². The van der Waals surface area contributed by atoms with Crippen molar-refractivity contribution in [2.24, 2.45) is 0 Å². The normalized spacial score (nSPS) is 14.2. The minimum absolute atomic E-state index is 0.0691. The van der Waals surface area contributed by atoms with Crippen LogP contribution in [0.15, 0.2) is 97.2 Å². The van der Waals surface area contributed by atoms with Crippen molar-refractivity contribution in [1.29, 1.82) is 0 Å². The van der Waals surface area contributed by atoms with E-state index in [-0.39, 0.29) is 19.1 Å². The van der Waals surface area contributed by atoms with Crippen molar-refractivity contribution >= 4 is 13.7 Å². The molecule has 500 valence electrons. The minimum atomic E-state index is -4.34. The summed E-state index contributed by atoms with van der Waals surface area (Å²) in [5.41, 5.74) is 0. The van der Waals surface area contributed by atoms with Crippen LogP contribution in [0.5, 0.6) is 0 Å². The smallest absolute Gasteiger partial charge is 0.391 e. The SMILES string of the molecule is CC/C=C\C/C=C\C/C=C\C/C=C\C/C=C\C/C=C\C/C=C\C/C=C\CCCCCCCCCCC(=O)NC(COP(=O)(O)OCC[N+](C)(C)C)C(O)CCCCCCCCCCCCCCCCCCCCCCCCCCCCCCCCC. The molecule has 0 fully saturated rings. The Morgan fingerprint density at radius 2 is 0.698 bits per heavy atom. The first-order chi connectivity index (χ1) is 42.0. The van der Waals surface area contributed by atoms with Gasteiger partial charge < -0.3 is 19.8 Å². The second kappa shape index (κ2) is 66.8. The van der Waals surface area contributed by atoms with Crippen molar-refractivity contribution in [3.05, 3.63) is 97.2 Å². The molecule has 0 aromatic heterocycles. The van der Waals surface area contributed by atoms with Gasteiger partial charge in [-0.1, -0.05) is 349 Å². The van der Waals surface area contributed by atoms with Crippen molar-refractivity contribution in [3.8, 4) is 0 Å². The number of phosphoric ester groups is 1. The number of likely N-dealkylation sites (N-methyl/N-ethyl adjacent to an activating group) is 1. The minimum Gasteiger partial charge on any atom is -0.391 e. The van der Waals surface area contributed by atoms with Crippen molar-refractivity contribution in [3.63, 3.8) is 0 Å². The Hall–Kier alpha value is -2.58. The molecule has 86 heavy (non-hydrogen) atoms. The highest BCUT2D eigenvalue weighted by atomic mass is 31.2. The Balaban J connectivity index is 4.07. The molecule has 0 bridgehead atoms. The molecule has 0 spiro atoms. The lowest BCUT2D eigenvalue weighted by atomic mass is 10.0. The molecule has 3 atom stereocenters. The number of phosphoric acid groups is 1. The van der Waals surface area contributed by atoms with E-state index in [1.54, 1.807) is 0 Å². The molecular weight excluding hydrogens is 1080 g/mol. The molecule has 8 nitrogen and oxygen atoms in total. The molecule has 0 saturated carbocycles. The molecule has 1 amide bonds. The number of amides is 1. The summed E-state index contributed by atoms with van der Waals surface area (Å²) in [7, 11) is 1.61. The number of carbonyl (C=O) groups excluding carboxylic acids is 1. The first kappa shape index (κ1) is 83.4. The van der Waals surface area contributed by atoms with E-state index in [4.69, 9.17) is 9.05 Å². The Morgan fingerprint density at radius 1 is 0.407 bits per heavy atom. The Labute approximate surface area is 534 Å². The number of carbonyl (C=O) groups is 1. The standard InChI is InChI=1S/C77H141N2O6P/c1-6-8-10-12-14-16-18-20-22-24-26-28-30-32-34-36-38-39-41-43-45-47-49-51-53-55-57-59-61-63-65-67-69-71-77(81)78-75(74-85-86(82,83)84-73-72-79(3,4)5)76(80)70-68-66-64-62-60-58-56-54-52-50-48-46-44-42-40-37-35-33-31-29-27-25-23-21-19-17-15-13-11-9-7-2/h8,10,14,16,20,22,26,28,32,34,38-39,43,45,49,51,75-76,80H,6-7,9,11-13,15,17-19,21,23-25,27,29-31,33,35-37,40-42,44,46-48,50,52-74H2,1-5H3,(H-,78,81,82,83)/p+1/b10-8-,16-14-,22-20-,28-26-,34-32-,39-38-,45-43-,51-49-. The van der Waals surface area contributed by atoms with E-state index in [9.17, 15) is 19.4 Å². The maximum absolute atomic E-state index is 13.1. The molecule has 0 rings (SSSR count). The molecule has 0 aromatic rings.